The molecule has 0 aliphatic carbocycles. The second-order valence-electron chi connectivity index (χ2n) is 5.78. The lowest BCUT2D eigenvalue weighted by Gasteiger charge is -2.30. The standard InChI is InChI=1S/C13H27N3O2/c1-5-7-16(12(17)18-13(2,3)4)8-6-15-11-9-14-10-11/h11,14-15H,5-10H2,1-4H3. The first-order valence-corrected chi connectivity index (χ1v) is 6.84. The van der Waals surface area contributed by atoms with Crippen LogP contribution in [0.25, 0.3) is 0 Å². The number of nitrogens with zero attached hydrogens (tertiary/aromatic N) is 1. The molecule has 0 aromatic rings. The Hall–Kier alpha value is -0.810. The predicted octanol–water partition coefficient (Wildman–Crippen LogP) is 1.19. The van der Waals surface area contributed by atoms with Crippen molar-refractivity contribution in [3.05, 3.63) is 0 Å². The van der Waals surface area contributed by atoms with Crippen molar-refractivity contribution in [2.45, 2.75) is 45.8 Å². The second kappa shape index (κ2) is 6.95. The van der Waals surface area contributed by atoms with Gasteiger partial charge in [0.25, 0.3) is 0 Å². The van der Waals surface area contributed by atoms with Crippen molar-refractivity contribution in [1.82, 2.24) is 15.5 Å². The van der Waals surface area contributed by atoms with Gasteiger partial charge in [-0.15, -0.1) is 0 Å². The average molecular weight is 257 g/mol. The summed E-state index contributed by atoms with van der Waals surface area (Å²) in [5, 5.41) is 6.62. The summed E-state index contributed by atoms with van der Waals surface area (Å²) in [5.74, 6) is 0. The molecule has 2 N–H and O–H groups in total. The van der Waals surface area contributed by atoms with Crippen LogP contribution in [-0.4, -0.2) is 55.4 Å². The van der Waals surface area contributed by atoms with Gasteiger partial charge in [-0.25, -0.2) is 4.79 Å². The van der Waals surface area contributed by atoms with Gasteiger partial charge in [0.05, 0.1) is 0 Å². The van der Waals surface area contributed by atoms with Crippen LogP contribution in [0.5, 0.6) is 0 Å². The van der Waals surface area contributed by atoms with Gasteiger partial charge in [0.2, 0.25) is 0 Å². The van der Waals surface area contributed by atoms with E-state index in [0.717, 1.165) is 32.6 Å². The second-order valence-corrected chi connectivity index (χ2v) is 5.78. The molecule has 0 saturated carbocycles. The molecule has 106 valence electrons. The molecular formula is C13H27N3O2. The summed E-state index contributed by atoms with van der Waals surface area (Å²) in [5.41, 5.74) is -0.422. The smallest absolute Gasteiger partial charge is 0.410 e. The molecule has 5 heteroatoms. The van der Waals surface area contributed by atoms with E-state index in [1.165, 1.54) is 0 Å². The Labute approximate surface area is 110 Å². The monoisotopic (exact) mass is 257 g/mol. The third kappa shape index (κ3) is 5.69. The van der Waals surface area contributed by atoms with Gasteiger partial charge in [0.1, 0.15) is 5.60 Å². The molecule has 5 nitrogen and oxygen atoms in total. The summed E-state index contributed by atoms with van der Waals surface area (Å²) < 4.78 is 5.40. The highest BCUT2D eigenvalue weighted by Gasteiger charge is 2.22. The summed E-state index contributed by atoms with van der Waals surface area (Å²) in [6.07, 6.45) is 0.738. The molecule has 0 aromatic heterocycles. The quantitative estimate of drug-likeness (QED) is 0.750. The van der Waals surface area contributed by atoms with E-state index in [1.54, 1.807) is 4.90 Å². The van der Waals surface area contributed by atoms with Gasteiger partial charge in [-0.1, -0.05) is 6.92 Å². The Balaban J connectivity index is 2.30. The average Bonchev–Trinajstić information content (AvgIpc) is 2.17. The van der Waals surface area contributed by atoms with Gasteiger partial charge >= 0.3 is 6.09 Å². The molecule has 0 atom stereocenters. The van der Waals surface area contributed by atoms with E-state index in [0.29, 0.717) is 12.6 Å². The first-order valence-electron chi connectivity index (χ1n) is 6.84. The fourth-order valence-corrected chi connectivity index (χ4v) is 1.73. The lowest BCUT2D eigenvalue weighted by Crippen LogP contribution is -2.56. The molecule has 1 rings (SSSR count). The maximum Gasteiger partial charge on any atom is 0.410 e. The first-order chi connectivity index (χ1) is 8.42. The maximum absolute atomic E-state index is 12.0. The van der Waals surface area contributed by atoms with Crippen molar-refractivity contribution in [3.63, 3.8) is 0 Å². The van der Waals surface area contributed by atoms with Gasteiger partial charge in [0.15, 0.2) is 0 Å². The fraction of sp³-hybridized carbons (Fsp3) is 0.923. The van der Waals surface area contributed by atoms with Crippen molar-refractivity contribution in [3.8, 4) is 0 Å². The van der Waals surface area contributed by atoms with Crippen LogP contribution < -0.4 is 10.6 Å². The highest BCUT2D eigenvalue weighted by atomic mass is 16.6. The Morgan fingerprint density at radius 3 is 2.50 bits per heavy atom. The number of carbonyl (C=O) groups excluding carboxylic acids is 1. The highest BCUT2D eigenvalue weighted by molar-refractivity contribution is 5.68. The van der Waals surface area contributed by atoms with Crippen molar-refractivity contribution in [2.75, 3.05) is 32.7 Å². The van der Waals surface area contributed by atoms with Crippen LogP contribution in [0.15, 0.2) is 0 Å². The van der Waals surface area contributed by atoms with Crippen LogP contribution in [0.4, 0.5) is 4.79 Å². The van der Waals surface area contributed by atoms with Crippen LogP contribution in [0.3, 0.4) is 0 Å². The number of hydrogen-bond donors (Lipinski definition) is 2. The Morgan fingerprint density at radius 2 is 2.06 bits per heavy atom. The molecule has 0 radical (unpaired) electrons. The fourth-order valence-electron chi connectivity index (χ4n) is 1.73. The summed E-state index contributed by atoms with van der Waals surface area (Å²) in [4.78, 5) is 13.8. The third-order valence-electron chi connectivity index (χ3n) is 2.74. The molecule has 1 aliphatic heterocycles. The van der Waals surface area contributed by atoms with E-state index >= 15 is 0 Å². The van der Waals surface area contributed by atoms with Gasteiger partial charge in [-0.3, -0.25) is 0 Å². The summed E-state index contributed by atoms with van der Waals surface area (Å²) >= 11 is 0. The van der Waals surface area contributed by atoms with Gasteiger partial charge in [-0.2, -0.15) is 0 Å². The Kier molecular flexibility index (Phi) is 5.88. The van der Waals surface area contributed by atoms with Gasteiger partial charge in [0, 0.05) is 38.8 Å². The first kappa shape index (κ1) is 15.2. The molecule has 1 aliphatic rings. The van der Waals surface area contributed by atoms with E-state index in [2.05, 4.69) is 17.6 Å². The van der Waals surface area contributed by atoms with Crippen LogP contribution in [0.1, 0.15) is 34.1 Å². The molecule has 0 unspecified atom stereocenters. The van der Waals surface area contributed by atoms with Gasteiger partial charge < -0.3 is 20.3 Å². The van der Waals surface area contributed by atoms with E-state index < -0.39 is 5.60 Å². The molecule has 1 fully saturated rings. The molecule has 1 amide bonds. The highest BCUT2D eigenvalue weighted by Crippen LogP contribution is 2.10. The van der Waals surface area contributed by atoms with E-state index in [9.17, 15) is 4.79 Å². The molecular weight excluding hydrogens is 230 g/mol. The summed E-state index contributed by atoms with van der Waals surface area (Å²) in [7, 11) is 0. The number of nitrogens with one attached hydrogen (secondary N) is 2. The summed E-state index contributed by atoms with van der Waals surface area (Å²) in [6.45, 7) is 12.1. The van der Waals surface area contributed by atoms with E-state index in [1.807, 2.05) is 20.8 Å². The topological polar surface area (TPSA) is 53.6 Å². The zero-order valence-corrected chi connectivity index (χ0v) is 12.1. The maximum atomic E-state index is 12.0. The van der Waals surface area contributed by atoms with Crippen molar-refractivity contribution < 1.29 is 9.53 Å². The van der Waals surface area contributed by atoms with Crippen molar-refractivity contribution in [2.24, 2.45) is 0 Å². The van der Waals surface area contributed by atoms with Crippen LogP contribution in [0.2, 0.25) is 0 Å². The van der Waals surface area contributed by atoms with E-state index in [4.69, 9.17) is 4.74 Å². The third-order valence-corrected chi connectivity index (χ3v) is 2.74. The lowest BCUT2D eigenvalue weighted by molar-refractivity contribution is 0.0250. The van der Waals surface area contributed by atoms with Crippen molar-refractivity contribution in [1.29, 1.82) is 0 Å². The zero-order valence-electron chi connectivity index (χ0n) is 12.1. The van der Waals surface area contributed by atoms with Crippen LogP contribution in [0, 0.1) is 0 Å². The molecule has 1 heterocycles. The van der Waals surface area contributed by atoms with Crippen LogP contribution >= 0.6 is 0 Å². The normalized spacial score (nSPS) is 16.2. The van der Waals surface area contributed by atoms with Gasteiger partial charge in [-0.05, 0) is 27.2 Å². The van der Waals surface area contributed by atoms with E-state index in [-0.39, 0.29) is 6.09 Å². The molecule has 18 heavy (non-hydrogen) atoms. The molecule has 0 spiro atoms. The number of carbonyl (C=O) groups is 1. The number of ether oxygens (including phenoxy) is 1. The molecule has 0 aromatic carbocycles. The largest absolute Gasteiger partial charge is 0.444 e. The predicted molar refractivity (Wildman–Crippen MR) is 72.8 cm³/mol. The number of amides is 1. The minimum absolute atomic E-state index is 0.210. The Morgan fingerprint density at radius 1 is 1.39 bits per heavy atom. The molecule has 0 bridgehead atoms. The Bertz CT molecular complexity index is 259. The number of rotatable bonds is 6. The molecule has 1 saturated heterocycles. The zero-order chi connectivity index (χ0) is 13.6. The SMILES string of the molecule is CCCN(CCNC1CNC1)C(=O)OC(C)(C)C. The lowest BCUT2D eigenvalue weighted by atomic mass is 10.2. The number of hydrogen-bond acceptors (Lipinski definition) is 4. The minimum Gasteiger partial charge on any atom is -0.444 e. The van der Waals surface area contributed by atoms with Crippen LogP contribution in [-0.2, 0) is 4.74 Å². The van der Waals surface area contributed by atoms with Crippen molar-refractivity contribution >= 4 is 6.09 Å². The minimum atomic E-state index is -0.422. The summed E-state index contributed by atoms with van der Waals surface area (Å²) in [6, 6.07) is 0.562.